The Balaban J connectivity index is 1.85. The van der Waals surface area contributed by atoms with Gasteiger partial charge in [0.25, 0.3) is 0 Å². The summed E-state index contributed by atoms with van der Waals surface area (Å²) in [6, 6.07) is 6.28. The fraction of sp³-hybridized carbons (Fsp3) is 0.562. The van der Waals surface area contributed by atoms with Gasteiger partial charge in [-0.05, 0) is 43.7 Å². The highest BCUT2D eigenvalue weighted by Gasteiger charge is 2.24. The zero-order chi connectivity index (χ0) is 13.8. The molecular formula is C16H22BrNO. The van der Waals surface area contributed by atoms with Crippen LogP contribution in [0.4, 0.5) is 0 Å². The maximum Gasteiger partial charge on any atom is 0.224 e. The molecule has 1 N–H and O–H groups in total. The average molecular weight is 324 g/mol. The third-order valence-corrected chi connectivity index (χ3v) is 5.19. The predicted molar refractivity (Wildman–Crippen MR) is 82.7 cm³/mol. The van der Waals surface area contributed by atoms with E-state index in [2.05, 4.69) is 53.3 Å². The van der Waals surface area contributed by atoms with Crippen molar-refractivity contribution in [1.82, 2.24) is 5.32 Å². The van der Waals surface area contributed by atoms with E-state index in [-0.39, 0.29) is 5.91 Å². The van der Waals surface area contributed by atoms with Crippen molar-refractivity contribution in [2.45, 2.75) is 44.4 Å². The first-order valence-electron chi connectivity index (χ1n) is 7.03. The molecule has 0 heterocycles. The van der Waals surface area contributed by atoms with E-state index in [0.717, 1.165) is 12.1 Å². The molecule has 1 aromatic carbocycles. The maximum absolute atomic E-state index is 12.0. The van der Waals surface area contributed by atoms with Gasteiger partial charge >= 0.3 is 0 Å². The number of benzene rings is 1. The molecule has 104 valence electrons. The number of aryl methyl sites for hydroxylation is 2. The van der Waals surface area contributed by atoms with E-state index in [4.69, 9.17) is 0 Å². The van der Waals surface area contributed by atoms with Gasteiger partial charge in [0.1, 0.15) is 0 Å². The summed E-state index contributed by atoms with van der Waals surface area (Å²) in [6.07, 6.45) is 4.22. The van der Waals surface area contributed by atoms with E-state index < -0.39 is 0 Å². The number of alkyl halides is 1. The average Bonchev–Trinajstić information content (AvgIpc) is 2.77. The fourth-order valence-electron chi connectivity index (χ4n) is 2.69. The third-order valence-electron chi connectivity index (χ3n) is 3.98. The Morgan fingerprint density at radius 3 is 2.84 bits per heavy atom. The van der Waals surface area contributed by atoms with Crippen molar-refractivity contribution in [2.75, 3.05) is 6.54 Å². The standard InChI is InChI=1S/C16H22BrNO/c1-11-6-7-12(2)14(8-11)9-16(19)18-10-13-4-3-5-15(13)17/h6-8,13,15H,3-5,9-10H2,1-2H3,(H,18,19). The number of carbonyl (C=O) groups is 1. The van der Waals surface area contributed by atoms with E-state index in [1.807, 2.05) is 0 Å². The minimum atomic E-state index is 0.139. The summed E-state index contributed by atoms with van der Waals surface area (Å²) in [7, 11) is 0. The molecule has 1 aromatic rings. The van der Waals surface area contributed by atoms with Gasteiger partial charge in [-0.15, -0.1) is 0 Å². The lowest BCUT2D eigenvalue weighted by molar-refractivity contribution is -0.120. The minimum absolute atomic E-state index is 0.139. The molecule has 0 aromatic heterocycles. The third kappa shape index (κ3) is 4.07. The highest BCUT2D eigenvalue weighted by Crippen LogP contribution is 2.30. The summed E-state index contributed by atoms with van der Waals surface area (Å²) in [4.78, 5) is 12.6. The lowest BCUT2D eigenvalue weighted by Gasteiger charge is -2.15. The van der Waals surface area contributed by atoms with E-state index in [9.17, 15) is 4.79 Å². The number of amides is 1. The second-order valence-electron chi connectivity index (χ2n) is 5.62. The zero-order valence-electron chi connectivity index (χ0n) is 11.7. The molecule has 3 heteroatoms. The van der Waals surface area contributed by atoms with Crippen LogP contribution in [0, 0.1) is 19.8 Å². The Morgan fingerprint density at radius 1 is 1.37 bits per heavy atom. The van der Waals surface area contributed by atoms with Crippen LogP contribution in [-0.2, 0) is 11.2 Å². The van der Waals surface area contributed by atoms with Crippen LogP contribution in [0.3, 0.4) is 0 Å². The molecule has 1 aliphatic carbocycles. The van der Waals surface area contributed by atoms with Crippen LogP contribution in [0.1, 0.15) is 36.0 Å². The first-order chi connectivity index (χ1) is 9.06. The summed E-state index contributed by atoms with van der Waals surface area (Å²) >= 11 is 3.69. The first-order valence-corrected chi connectivity index (χ1v) is 7.94. The monoisotopic (exact) mass is 323 g/mol. The van der Waals surface area contributed by atoms with Crippen LogP contribution in [0.25, 0.3) is 0 Å². The first kappa shape index (κ1) is 14.6. The second kappa shape index (κ2) is 6.56. The topological polar surface area (TPSA) is 29.1 Å². The van der Waals surface area contributed by atoms with Gasteiger partial charge in [0.15, 0.2) is 0 Å². The number of halogens is 1. The summed E-state index contributed by atoms with van der Waals surface area (Å²) in [6.45, 7) is 4.93. The summed E-state index contributed by atoms with van der Waals surface area (Å²) < 4.78 is 0. The van der Waals surface area contributed by atoms with Crippen molar-refractivity contribution in [1.29, 1.82) is 0 Å². The van der Waals surface area contributed by atoms with Gasteiger partial charge in [-0.1, -0.05) is 46.1 Å². The normalized spacial score (nSPS) is 22.5. The Kier molecular flexibility index (Phi) is 5.03. The summed E-state index contributed by atoms with van der Waals surface area (Å²) in [5.74, 6) is 0.739. The van der Waals surface area contributed by atoms with Gasteiger partial charge in [0, 0.05) is 11.4 Å². The number of carbonyl (C=O) groups excluding carboxylic acids is 1. The molecule has 2 nitrogen and oxygen atoms in total. The highest BCUT2D eigenvalue weighted by molar-refractivity contribution is 9.09. The van der Waals surface area contributed by atoms with E-state index >= 15 is 0 Å². The molecule has 1 fully saturated rings. The molecule has 2 atom stereocenters. The smallest absolute Gasteiger partial charge is 0.224 e. The van der Waals surface area contributed by atoms with Crippen LogP contribution in [0.15, 0.2) is 18.2 Å². The molecule has 19 heavy (non-hydrogen) atoms. The minimum Gasteiger partial charge on any atom is -0.355 e. The number of hydrogen-bond acceptors (Lipinski definition) is 1. The molecule has 0 bridgehead atoms. The van der Waals surface area contributed by atoms with Crippen molar-refractivity contribution < 1.29 is 4.79 Å². The van der Waals surface area contributed by atoms with E-state index in [1.54, 1.807) is 0 Å². The summed E-state index contributed by atoms with van der Waals surface area (Å²) in [5.41, 5.74) is 3.55. The van der Waals surface area contributed by atoms with Gasteiger partial charge in [-0.2, -0.15) is 0 Å². The number of rotatable bonds is 4. The van der Waals surface area contributed by atoms with Crippen LogP contribution in [0.2, 0.25) is 0 Å². The van der Waals surface area contributed by atoms with E-state index in [0.29, 0.717) is 17.2 Å². The molecule has 2 rings (SSSR count). The van der Waals surface area contributed by atoms with Gasteiger partial charge in [0.05, 0.1) is 6.42 Å². The lowest BCUT2D eigenvalue weighted by atomic mass is 10.0. The van der Waals surface area contributed by atoms with Gasteiger partial charge < -0.3 is 5.32 Å². The Bertz CT molecular complexity index is 458. The second-order valence-corrected chi connectivity index (χ2v) is 6.79. The molecular weight excluding hydrogens is 302 g/mol. The molecule has 0 spiro atoms. The highest BCUT2D eigenvalue weighted by atomic mass is 79.9. The van der Waals surface area contributed by atoms with Gasteiger partial charge in [0.2, 0.25) is 5.91 Å². The van der Waals surface area contributed by atoms with Crippen molar-refractivity contribution in [3.63, 3.8) is 0 Å². The van der Waals surface area contributed by atoms with Crippen molar-refractivity contribution in [3.05, 3.63) is 34.9 Å². The van der Waals surface area contributed by atoms with Gasteiger partial charge in [-0.25, -0.2) is 0 Å². The molecule has 1 amide bonds. The van der Waals surface area contributed by atoms with Crippen molar-refractivity contribution in [2.24, 2.45) is 5.92 Å². The maximum atomic E-state index is 12.0. The Hall–Kier alpha value is -0.830. The van der Waals surface area contributed by atoms with Crippen molar-refractivity contribution in [3.8, 4) is 0 Å². The Morgan fingerprint density at radius 2 is 2.16 bits per heavy atom. The van der Waals surface area contributed by atoms with Crippen LogP contribution in [-0.4, -0.2) is 17.3 Å². The Labute approximate surface area is 124 Å². The van der Waals surface area contributed by atoms with Crippen LogP contribution >= 0.6 is 15.9 Å². The van der Waals surface area contributed by atoms with Crippen LogP contribution < -0.4 is 5.32 Å². The molecule has 1 aliphatic rings. The summed E-state index contributed by atoms with van der Waals surface area (Å²) in [5, 5.41) is 3.08. The quantitative estimate of drug-likeness (QED) is 0.844. The molecule has 0 saturated heterocycles. The molecule has 1 saturated carbocycles. The lowest BCUT2D eigenvalue weighted by Crippen LogP contribution is -2.32. The number of hydrogen-bond donors (Lipinski definition) is 1. The predicted octanol–water partition coefficient (Wildman–Crippen LogP) is 3.53. The molecule has 2 unspecified atom stereocenters. The molecule has 0 radical (unpaired) electrons. The SMILES string of the molecule is Cc1ccc(C)c(CC(=O)NCC2CCCC2Br)c1. The zero-order valence-corrected chi connectivity index (χ0v) is 13.3. The van der Waals surface area contributed by atoms with Crippen molar-refractivity contribution >= 4 is 21.8 Å². The molecule has 0 aliphatic heterocycles. The largest absolute Gasteiger partial charge is 0.355 e. The number of nitrogens with one attached hydrogen (secondary N) is 1. The van der Waals surface area contributed by atoms with Crippen LogP contribution in [0.5, 0.6) is 0 Å². The van der Waals surface area contributed by atoms with Gasteiger partial charge in [-0.3, -0.25) is 4.79 Å². The van der Waals surface area contributed by atoms with E-state index in [1.165, 1.54) is 30.4 Å². The fourth-order valence-corrected chi connectivity index (χ4v) is 3.47.